The molecule has 1 fully saturated rings. The normalized spacial score (nSPS) is 15.0. The molecule has 1 aromatic heterocycles. The van der Waals surface area contributed by atoms with Crippen molar-refractivity contribution in [3.8, 4) is 5.75 Å². The molecular weight excluding hydrogens is 360 g/mol. The van der Waals surface area contributed by atoms with E-state index in [2.05, 4.69) is 9.88 Å². The number of rotatable bonds is 7. The molecule has 148 valence electrons. The van der Waals surface area contributed by atoms with Crippen molar-refractivity contribution < 1.29 is 23.8 Å². The zero-order valence-corrected chi connectivity index (χ0v) is 16.1. The Morgan fingerprint density at radius 1 is 1.11 bits per heavy atom. The summed E-state index contributed by atoms with van der Waals surface area (Å²) < 4.78 is 16.0. The highest BCUT2D eigenvalue weighted by Gasteiger charge is 2.21. The molecule has 2 heterocycles. The zero-order valence-electron chi connectivity index (χ0n) is 16.1. The fraction of sp³-hybridized carbons (Fsp3) is 0.381. The number of hydrogen-bond acceptors (Lipinski definition) is 7. The molecule has 1 aliphatic rings. The summed E-state index contributed by atoms with van der Waals surface area (Å²) in [7, 11) is 0. The van der Waals surface area contributed by atoms with Crippen LogP contribution in [0.5, 0.6) is 5.75 Å². The molecule has 7 nitrogen and oxygen atoms in total. The minimum Gasteiger partial charge on any atom is -0.494 e. The third kappa shape index (κ3) is 4.86. The SMILES string of the molecule is CCOc1ccc(C(=O)[C@@H](C)OC(=O)c2ccc(N3CCOCC3)nc2)cc1. The van der Waals surface area contributed by atoms with Crippen molar-refractivity contribution in [1.29, 1.82) is 0 Å². The lowest BCUT2D eigenvalue weighted by atomic mass is 10.1. The Balaban J connectivity index is 1.59. The Morgan fingerprint density at radius 3 is 2.39 bits per heavy atom. The van der Waals surface area contributed by atoms with Crippen LogP contribution in [0.3, 0.4) is 0 Å². The van der Waals surface area contributed by atoms with Crippen LogP contribution in [-0.4, -0.2) is 55.8 Å². The molecule has 1 aliphatic heterocycles. The van der Waals surface area contributed by atoms with Gasteiger partial charge in [0.05, 0.1) is 25.4 Å². The molecule has 0 spiro atoms. The third-order valence-electron chi connectivity index (χ3n) is 4.42. The highest BCUT2D eigenvalue weighted by molar-refractivity contribution is 6.01. The topological polar surface area (TPSA) is 78.0 Å². The van der Waals surface area contributed by atoms with E-state index in [0.717, 1.165) is 18.9 Å². The highest BCUT2D eigenvalue weighted by atomic mass is 16.5. The predicted octanol–water partition coefficient (Wildman–Crippen LogP) is 2.75. The first-order valence-electron chi connectivity index (χ1n) is 9.35. The van der Waals surface area contributed by atoms with Gasteiger partial charge in [0.2, 0.25) is 5.78 Å². The van der Waals surface area contributed by atoms with Crippen LogP contribution in [0.25, 0.3) is 0 Å². The van der Waals surface area contributed by atoms with Crippen molar-refractivity contribution in [2.24, 2.45) is 0 Å². The lowest BCUT2D eigenvalue weighted by Crippen LogP contribution is -2.36. The number of hydrogen-bond donors (Lipinski definition) is 0. The van der Waals surface area contributed by atoms with E-state index in [1.807, 2.05) is 6.92 Å². The molecule has 2 aromatic rings. The lowest BCUT2D eigenvalue weighted by molar-refractivity contribution is 0.0318. The Hall–Kier alpha value is -2.93. The molecule has 1 atom stereocenters. The number of benzene rings is 1. The van der Waals surface area contributed by atoms with Crippen LogP contribution >= 0.6 is 0 Å². The smallest absolute Gasteiger partial charge is 0.340 e. The Morgan fingerprint density at radius 2 is 1.79 bits per heavy atom. The molecular formula is C21H24N2O5. The Labute approximate surface area is 164 Å². The zero-order chi connectivity index (χ0) is 19.9. The maximum atomic E-state index is 12.5. The number of pyridine rings is 1. The van der Waals surface area contributed by atoms with Gasteiger partial charge >= 0.3 is 5.97 Å². The van der Waals surface area contributed by atoms with Crippen molar-refractivity contribution in [3.63, 3.8) is 0 Å². The number of carbonyl (C=O) groups is 2. The molecule has 3 rings (SSSR count). The van der Waals surface area contributed by atoms with Gasteiger partial charge in [-0.2, -0.15) is 0 Å². The summed E-state index contributed by atoms with van der Waals surface area (Å²) in [5, 5.41) is 0. The lowest BCUT2D eigenvalue weighted by Gasteiger charge is -2.27. The van der Waals surface area contributed by atoms with Crippen molar-refractivity contribution >= 4 is 17.6 Å². The minimum absolute atomic E-state index is 0.269. The van der Waals surface area contributed by atoms with Gasteiger partial charge in [0.25, 0.3) is 0 Å². The number of ether oxygens (including phenoxy) is 3. The largest absolute Gasteiger partial charge is 0.494 e. The van der Waals surface area contributed by atoms with Crippen LogP contribution < -0.4 is 9.64 Å². The van der Waals surface area contributed by atoms with Crippen LogP contribution in [0.2, 0.25) is 0 Å². The van der Waals surface area contributed by atoms with Crippen LogP contribution in [0.15, 0.2) is 42.6 Å². The number of ketones is 1. The van der Waals surface area contributed by atoms with Gasteiger partial charge in [-0.3, -0.25) is 4.79 Å². The van der Waals surface area contributed by atoms with Crippen molar-refractivity contribution in [3.05, 3.63) is 53.7 Å². The molecule has 1 saturated heterocycles. The van der Waals surface area contributed by atoms with Crippen LogP contribution in [0, 0.1) is 0 Å². The minimum atomic E-state index is -0.899. The maximum absolute atomic E-state index is 12.5. The monoisotopic (exact) mass is 384 g/mol. The second-order valence-electron chi connectivity index (χ2n) is 6.37. The van der Waals surface area contributed by atoms with Crippen molar-refractivity contribution in [2.45, 2.75) is 20.0 Å². The van der Waals surface area contributed by atoms with Crippen LogP contribution in [-0.2, 0) is 9.47 Å². The maximum Gasteiger partial charge on any atom is 0.340 e. The molecule has 0 aliphatic carbocycles. The number of morpholine rings is 1. The molecule has 28 heavy (non-hydrogen) atoms. The first-order chi connectivity index (χ1) is 13.6. The van der Waals surface area contributed by atoms with E-state index in [-0.39, 0.29) is 5.78 Å². The van der Waals surface area contributed by atoms with E-state index in [9.17, 15) is 9.59 Å². The number of nitrogens with zero attached hydrogens (tertiary/aromatic N) is 2. The third-order valence-corrected chi connectivity index (χ3v) is 4.42. The van der Waals surface area contributed by atoms with Gasteiger partial charge in [0, 0.05) is 24.8 Å². The molecule has 0 N–H and O–H groups in total. The summed E-state index contributed by atoms with van der Waals surface area (Å²) in [5.41, 5.74) is 0.771. The second-order valence-corrected chi connectivity index (χ2v) is 6.37. The Bertz CT molecular complexity index is 799. The number of esters is 1. The Kier molecular flexibility index (Phi) is 6.60. The average molecular weight is 384 g/mol. The summed E-state index contributed by atoms with van der Waals surface area (Å²) in [5.74, 6) is 0.635. The fourth-order valence-corrected chi connectivity index (χ4v) is 2.89. The van der Waals surface area contributed by atoms with E-state index >= 15 is 0 Å². The van der Waals surface area contributed by atoms with E-state index in [4.69, 9.17) is 14.2 Å². The molecule has 0 saturated carbocycles. The van der Waals surface area contributed by atoms with Crippen molar-refractivity contribution in [2.75, 3.05) is 37.8 Å². The number of anilines is 1. The van der Waals surface area contributed by atoms with Gasteiger partial charge in [-0.25, -0.2) is 9.78 Å². The summed E-state index contributed by atoms with van der Waals surface area (Å²) >= 11 is 0. The van der Waals surface area contributed by atoms with E-state index < -0.39 is 12.1 Å². The molecule has 1 aromatic carbocycles. The van der Waals surface area contributed by atoms with Gasteiger partial charge in [-0.1, -0.05) is 0 Å². The highest BCUT2D eigenvalue weighted by Crippen LogP contribution is 2.16. The van der Waals surface area contributed by atoms with E-state index in [1.54, 1.807) is 43.3 Å². The molecule has 0 unspecified atom stereocenters. The first-order valence-corrected chi connectivity index (χ1v) is 9.35. The van der Waals surface area contributed by atoms with Gasteiger partial charge in [-0.15, -0.1) is 0 Å². The molecule has 0 amide bonds. The van der Waals surface area contributed by atoms with Gasteiger partial charge in [0.1, 0.15) is 11.6 Å². The number of Topliss-reactive ketones (excluding diaryl/α,β-unsaturated/α-hetero) is 1. The quantitative estimate of drug-likeness (QED) is 0.536. The van der Waals surface area contributed by atoms with E-state index in [1.165, 1.54) is 6.20 Å². The van der Waals surface area contributed by atoms with Gasteiger partial charge in [-0.05, 0) is 50.2 Å². The molecule has 0 radical (unpaired) electrons. The molecule has 7 heteroatoms. The van der Waals surface area contributed by atoms with Gasteiger partial charge in [0.15, 0.2) is 6.10 Å². The van der Waals surface area contributed by atoms with E-state index in [0.29, 0.717) is 36.7 Å². The molecule has 0 bridgehead atoms. The average Bonchev–Trinajstić information content (AvgIpc) is 2.74. The predicted molar refractivity (Wildman–Crippen MR) is 104 cm³/mol. The van der Waals surface area contributed by atoms with Crippen molar-refractivity contribution in [1.82, 2.24) is 4.98 Å². The summed E-state index contributed by atoms with van der Waals surface area (Å²) in [6.07, 6.45) is 0.575. The van der Waals surface area contributed by atoms with Crippen LogP contribution in [0.1, 0.15) is 34.6 Å². The van der Waals surface area contributed by atoms with Crippen LogP contribution in [0.4, 0.5) is 5.82 Å². The first kappa shape index (κ1) is 19.8. The van der Waals surface area contributed by atoms with Gasteiger partial charge < -0.3 is 19.1 Å². The second kappa shape index (κ2) is 9.32. The standard InChI is InChI=1S/C21H24N2O5/c1-3-27-18-7-4-16(5-8-18)20(24)15(2)28-21(25)17-6-9-19(22-14-17)23-10-12-26-13-11-23/h4-9,14-15H,3,10-13H2,1-2H3/t15-/m1/s1. The fourth-order valence-electron chi connectivity index (χ4n) is 2.89. The summed E-state index contributed by atoms with van der Waals surface area (Å²) in [6.45, 7) is 6.87. The summed E-state index contributed by atoms with van der Waals surface area (Å²) in [6, 6.07) is 10.2. The number of carbonyl (C=O) groups excluding carboxylic acids is 2. The summed E-state index contributed by atoms with van der Waals surface area (Å²) in [4.78, 5) is 31.3. The number of aromatic nitrogens is 1.